The van der Waals surface area contributed by atoms with Gasteiger partial charge >= 0.3 is 5.97 Å². The van der Waals surface area contributed by atoms with Crippen molar-refractivity contribution in [3.8, 4) is 0 Å². The molecule has 2 heterocycles. The van der Waals surface area contributed by atoms with E-state index < -0.39 is 0 Å². The van der Waals surface area contributed by atoms with Gasteiger partial charge in [0.2, 0.25) is 5.76 Å². The van der Waals surface area contributed by atoms with E-state index in [4.69, 9.17) is 14.2 Å². The average Bonchev–Trinajstić information content (AvgIpc) is 2.48. The van der Waals surface area contributed by atoms with Gasteiger partial charge < -0.3 is 19.1 Å². The Bertz CT molecular complexity index is 379. The van der Waals surface area contributed by atoms with Crippen molar-refractivity contribution >= 4 is 11.9 Å². The van der Waals surface area contributed by atoms with Gasteiger partial charge in [0.1, 0.15) is 19.5 Å². The number of nitrogens with zero attached hydrogens (tertiary/aromatic N) is 1. The first-order chi connectivity index (χ1) is 9.22. The number of esters is 1. The molecule has 2 aliphatic rings. The maximum Gasteiger partial charge on any atom is 0.310 e. The molecule has 0 aliphatic carbocycles. The van der Waals surface area contributed by atoms with Gasteiger partial charge in [-0.25, -0.2) is 0 Å². The second-order valence-electron chi connectivity index (χ2n) is 4.54. The van der Waals surface area contributed by atoms with E-state index >= 15 is 0 Å². The lowest BCUT2D eigenvalue weighted by atomic mass is 9.98. The first-order valence-electron chi connectivity index (χ1n) is 6.63. The van der Waals surface area contributed by atoms with Gasteiger partial charge in [-0.15, -0.1) is 0 Å². The first-order valence-corrected chi connectivity index (χ1v) is 6.63. The van der Waals surface area contributed by atoms with Gasteiger partial charge in [-0.3, -0.25) is 9.59 Å². The van der Waals surface area contributed by atoms with E-state index in [9.17, 15) is 9.59 Å². The van der Waals surface area contributed by atoms with Gasteiger partial charge in [-0.05, 0) is 19.8 Å². The zero-order valence-corrected chi connectivity index (χ0v) is 11.1. The number of likely N-dealkylation sites (tertiary alicyclic amines) is 1. The number of carbonyl (C=O) groups excluding carboxylic acids is 2. The molecule has 0 aromatic carbocycles. The average molecular weight is 269 g/mol. The minimum atomic E-state index is -0.234. The normalized spacial score (nSPS) is 22.9. The maximum absolute atomic E-state index is 12.2. The molecule has 1 fully saturated rings. The van der Waals surface area contributed by atoms with Gasteiger partial charge in [0.05, 0.1) is 12.5 Å². The highest BCUT2D eigenvalue weighted by atomic mass is 16.6. The van der Waals surface area contributed by atoms with Crippen LogP contribution in [0.1, 0.15) is 19.8 Å². The molecule has 0 radical (unpaired) electrons. The first kappa shape index (κ1) is 13.7. The smallest absolute Gasteiger partial charge is 0.310 e. The Morgan fingerprint density at radius 2 is 2.32 bits per heavy atom. The van der Waals surface area contributed by atoms with Crippen LogP contribution in [-0.2, 0) is 23.8 Å². The Labute approximate surface area is 112 Å². The molecular formula is C13H19NO5. The minimum absolute atomic E-state index is 0.214. The zero-order valence-electron chi connectivity index (χ0n) is 11.1. The number of piperidine rings is 1. The molecule has 0 bridgehead atoms. The summed E-state index contributed by atoms with van der Waals surface area (Å²) in [4.78, 5) is 25.5. The van der Waals surface area contributed by atoms with Crippen molar-refractivity contribution in [3.05, 3.63) is 12.0 Å². The standard InChI is InChI=1S/C13H19NO5/c1-2-18-13(16)10-4-3-5-14(8-10)12(15)11-9-17-6-7-19-11/h9-10H,2-8H2,1H3. The van der Waals surface area contributed by atoms with Crippen LogP contribution >= 0.6 is 0 Å². The van der Waals surface area contributed by atoms with Crippen LogP contribution < -0.4 is 0 Å². The molecule has 0 aromatic heterocycles. The third-order valence-corrected chi connectivity index (χ3v) is 3.19. The second kappa shape index (κ2) is 6.45. The van der Waals surface area contributed by atoms with Crippen LogP contribution in [0, 0.1) is 5.92 Å². The SMILES string of the molecule is CCOC(=O)C1CCCN(C(=O)C2=COCCO2)C1. The zero-order chi connectivity index (χ0) is 13.7. The molecule has 2 aliphatic heterocycles. The maximum atomic E-state index is 12.2. The summed E-state index contributed by atoms with van der Waals surface area (Å²) < 4.78 is 15.4. The lowest BCUT2D eigenvalue weighted by molar-refractivity contribution is -0.151. The number of hydrogen-bond donors (Lipinski definition) is 0. The molecule has 2 rings (SSSR count). The number of carbonyl (C=O) groups is 2. The summed E-state index contributed by atoms with van der Waals surface area (Å²) in [6.07, 6.45) is 2.90. The van der Waals surface area contributed by atoms with Crippen molar-refractivity contribution in [1.82, 2.24) is 4.90 Å². The molecule has 0 N–H and O–H groups in total. The van der Waals surface area contributed by atoms with Crippen molar-refractivity contribution in [2.45, 2.75) is 19.8 Å². The molecule has 0 saturated carbocycles. The molecule has 1 unspecified atom stereocenters. The van der Waals surface area contributed by atoms with Crippen LogP contribution in [0.3, 0.4) is 0 Å². The number of rotatable bonds is 3. The summed E-state index contributed by atoms with van der Waals surface area (Å²) in [6, 6.07) is 0. The summed E-state index contributed by atoms with van der Waals surface area (Å²) >= 11 is 0. The van der Waals surface area contributed by atoms with Crippen molar-refractivity contribution in [1.29, 1.82) is 0 Å². The molecule has 6 nitrogen and oxygen atoms in total. The van der Waals surface area contributed by atoms with Crippen LogP contribution in [0.4, 0.5) is 0 Å². The highest BCUT2D eigenvalue weighted by Gasteiger charge is 2.31. The Kier molecular flexibility index (Phi) is 4.65. The lowest BCUT2D eigenvalue weighted by Crippen LogP contribution is -2.44. The Hall–Kier alpha value is -1.72. The molecule has 6 heteroatoms. The van der Waals surface area contributed by atoms with Crippen molar-refractivity contribution in [3.63, 3.8) is 0 Å². The Balaban J connectivity index is 1.94. The second-order valence-corrected chi connectivity index (χ2v) is 4.54. The Morgan fingerprint density at radius 1 is 1.47 bits per heavy atom. The van der Waals surface area contributed by atoms with E-state index in [-0.39, 0.29) is 23.6 Å². The fourth-order valence-corrected chi connectivity index (χ4v) is 2.25. The fraction of sp³-hybridized carbons (Fsp3) is 0.692. The van der Waals surface area contributed by atoms with Crippen LogP contribution in [-0.4, -0.2) is 49.7 Å². The van der Waals surface area contributed by atoms with E-state index in [1.165, 1.54) is 6.26 Å². The van der Waals surface area contributed by atoms with E-state index in [1.807, 2.05) is 0 Å². The summed E-state index contributed by atoms with van der Waals surface area (Å²) in [5.74, 6) is -0.456. The van der Waals surface area contributed by atoms with E-state index in [0.717, 1.165) is 12.8 Å². The summed E-state index contributed by atoms with van der Waals surface area (Å²) in [7, 11) is 0. The topological polar surface area (TPSA) is 65.1 Å². The van der Waals surface area contributed by atoms with Crippen molar-refractivity contribution < 1.29 is 23.8 Å². The van der Waals surface area contributed by atoms with Gasteiger partial charge in [-0.2, -0.15) is 0 Å². The predicted octanol–water partition coefficient (Wildman–Crippen LogP) is 0.676. The minimum Gasteiger partial charge on any atom is -0.494 e. The van der Waals surface area contributed by atoms with Gasteiger partial charge in [-0.1, -0.05) is 0 Å². The molecule has 1 amide bonds. The number of amides is 1. The van der Waals surface area contributed by atoms with E-state index in [2.05, 4.69) is 0 Å². The quantitative estimate of drug-likeness (QED) is 0.705. The van der Waals surface area contributed by atoms with E-state index in [0.29, 0.717) is 32.9 Å². The monoisotopic (exact) mass is 269 g/mol. The highest BCUT2D eigenvalue weighted by molar-refractivity contribution is 5.91. The Morgan fingerprint density at radius 3 is 3.00 bits per heavy atom. The summed E-state index contributed by atoms with van der Waals surface area (Å²) in [5, 5.41) is 0. The largest absolute Gasteiger partial charge is 0.494 e. The highest BCUT2D eigenvalue weighted by Crippen LogP contribution is 2.20. The summed E-state index contributed by atoms with van der Waals surface area (Å²) in [5.41, 5.74) is 0. The van der Waals surface area contributed by atoms with Crippen LogP contribution in [0.5, 0.6) is 0 Å². The third kappa shape index (κ3) is 3.39. The molecule has 0 aromatic rings. The molecule has 1 saturated heterocycles. The van der Waals surface area contributed by atoms with Crippen LogP contribution in [0.2, 0.25) is 0 Å². The van der Waals surface area contributed by atoms with Crippen LogP contribution in [0.25, 0.3) is 0 Å². The molecule has 0 spiro atoms. The lowest BCUT2D eigenvalue weighted by Gasteiger charge is -2.32. The molecular weight excluding hydrogens is 250 g/mol. The number of hydrogen-bond acceptors (Lipinski definition) is 5. The van der Waals surface area contributed by atoms with E-state index in [1.54, 1.807) is 11.8 Å². The summed E-state index contributed by atoms with van der Waals surface area (Å²) in [6.45, 7) is 4.01. The molecule has 19 heavy (non-hydrogen) atoms. The van der Waals surface area contributed by atoms with Gasteiger partial charge in [0.15, 0.2) is 0 Å². The van der Waals surface area contributed by atoms with Gasteiger partial charge in [0, 0.05) is 13.1 Å². The third-order valence-electron chi connectivity index (χ3n) is 3.19. The van der Waals surface area contributed by atoms with Gasteiger partial charge in [0.25, 0.3) is 5.91 Å². The van der Waals surface area contributed by atoms with Crippen LogP contribution in [0.15, 0.2) is 12.0 Å². The van der Waals surface area contributed by atoms with Crippen molar-refractivity contribution in [2.75, 3.05) is 32.9 Å². The predicted molar refractivity (Wildman–Crippen MR) is 65.9 cm³/mol. The molecule has 1 atom stereocenters. The molecule has 106 valence electrons. The van der Waals surface area contributed by atoms with Crippen molar-refractivity contribution in [2.24, 2.45) is 5.92 Å². The number of ether oxygens (including phenoxy) is 3. The fourth-order valence-electron chi connectivity index (χ4n) is 2.25.